The van der Waals surface area contributed by atoms with Crippen LogP contribution >= 0.6 is 23.2 Å². The van der Waals surface area contributed by atoms with Gasteiger partial charge in [-0.3, -0.25) is 14.5 Å². The van der Waals surface area contributed by atoms with Gasteiger partial charge >= 0.3 is 0 Å². The Labute approximate surface area is 121 Å². The van der Waals surface area contributed by atoms with Crippen molar-refractivity contribution in [2.45, 2.75) is 19.9 Å². The maximum absolute atomic E-state index is 12.4. The number of piperazine rings is 1. The highest BCUT2D eigenvalue weighted by molar-refractivity contribution is 6.37. The molecule has 0 saturated carbocycles. The Morgan fingerprint density at radius 2 is 2.00 bits per heavy atom. The van der Waals surface area contributed by atoms with E-state index in [1.807, 2.05) is 13.8 Å². The summed E-state index contributed by atoms with van der Waals surface area (Å²) in [6.07, 6.45) is 0. The molecule has 1 unspecified atom stereocenters. The summed E-state index contributed by atoms with van der Waals surface area (Å²) in [6, 6.07) is 4.33. The molecule has 1 heterocycles. The summed E-state index contributed by atoms with van der Waals surface area (Å²) in [5.41, 5.74) is 0.511. The molecule has 0 aromatic heterocycles. The Balaban J connectivity index is 2.37. The van der Waals surface area contributed by atoms with Crippen molar-refractivity contribution in [3.63, 3.8) is 0 Å². The van der Waals surface area contributed by atoms with Crippen LogP contribution in [-0.2, 0) is 9.59 Å². The molecular weight excluding hydrogens is 287 g/mol. The summed E-state index contributed by atoms with van der Waals surface area (Å²) in [6.45, 7) is 3.75. The van der Waals surface area contributed by atoms with Gasteiger partial charge in [0.15, 0.2) is 0 Å². The van der Waals surface area contributed by atoms with Crippen molar-refractivity contribution in [1.29, 1.82) is 0 Å². The second-order valence-corrected chi connectivity index (χ2v) is 5.65. The predicted molar refractivity (Wildman–Crippen MR) is 75.6 cm³/mol. The zero-order valence-electron chi connectivity index (χ0n) is 10.6. The Hall–Kier alpha value is -1.26. The van der Waals surface area contributed by atoms with Crippen LogP contribution < -0.4 is 10.2 Å². The van der Waals surface area contributed by atoms with Gasteiger partial charge < -0.3 is 5.32 Å². The number of carbonyl (C=O) groups is 2. The van der Waals surface area contributed by atoms with E-state index in [2.05, 4.69) is 5.32 Å². The average molecular weight is 301 g/mol. The first kappa shape index (κ1) is 14.2. The molecule has 1 aliphatic heterocycles. The van der Waals surface area contributed by atoms with Crippen molar-refractivity contribution in [3.05, 3.63) is 28.2 Å². The molecule has 1 N–H and O–H groups in total. The molecule has 1 atom stereocenters. The second kappa shape index (κ2) is 5.39. The van der Waals surface area contributed by atoms with Crippen molar-refractivity contribution >= 4 is 40.7 Å². The quantitative estimate of drug-likeness (QED) is 0.912. The number of hydrogen-bond acceptors (Lipinski definition) is 2. The van der Waals surface area contributed by atoms with E-state index in [0.29, 0.717) is 15.7 Å². The van der Waals surface area contributed by atoms with Crippen LogP contribution in [-0.4, -0.2) is 24.4 Å². The number of hydrogen-bond donors (Lipinski definition) is 1. The molecule has 4 nitrogen and oxygen atoms in total. The number of nitrogens with one attached hydrogen (secondary N) is 1. The molecule has 1 fully saturated rings. The number of halogens is 2. The smallest absolute Gasteiger partial charge is 0.250 e. The Morgan fingerprint density at radius 1 is 1.32 bits per heavy atom. The number of nitrogens with zero attached hydrogens (tertiary/aromatic N) is 1. The fourth-order valence-electron chi connectivity index (χ4n) is 2.03. The lowest BCUT2D eigenvalue weighted by Gasteiger charge is -2.34. The number of amides is 2. The third kappa shape index (κ3) is 2.85. The van der Waals surface area contributed by atoms with Crippen molar-refractivity contribution in [3.8, 4) is 0 Å². The van der Waals surface area contributed by atoms with Crippen LogP contribution in [0.2, 0.25) is 10.0 Å². The van der Waals surface area contributed by atoms with Gasteiger partial charge in [-0.25, -0.2) is 0 Å². The molecule has 2 rings (SSSR count). The van der Waals surface area contributed by atoms with Crippen molar-refractivity contribution in [1.82, 2.24) is 5.32 Å². The molecule has 2 amide bonds. The van der Waals surface area contributed by atoms with Gasteiger partial charge in [-0.15, -0.1) is 0 Å². The minimum Gasteiger partial charge on any atom is -0.342 e. The van der Waals surface area contributed by atoms with Crippen LogP contribution in [0, 0.1) is 5.92 Å². The van der Waals surface area contributed by atoms with Crippen LogP contribution in [0.1, 0.15) is 13.8 Å². The van der Waals surface area contributed by atoms with Gasteiger partial charge in [0.2, 0.25) is 11.8 Å². The van der Waals surface area contributed by atoms with Crippen molar-refractivity contribution in [2.75, 3.05) is 11.4 Å². The molecule has 0 spiro atoms. The molecular formula is C13H14Cl2N2O2. The first-order valence-corrected chi connectivity index (χ1v) is 6.71. The van der Waals surface area contributed by atoms with E-state index in [0.717, 1.165) is 0 Å². The van der Waals surface area contributed by atoms with E-state index >= 15 is 0 Å². The molecule has 1 aromatic rings. The van der Waals surface area contributed by atoms with E-state index in [1.165, 1.54) is 4.90 Å². The van der Waals surface area contributed by atoms with Crippen LogP contribution in [0.4, 0.5) is 5.69 Å². The maximum atomic E-state index is 12.4. The summed E-state index contributed by atoms with van der Waals surface area (Å²) in [5, 5.41) is 3.55. The summed E-state index contributed by atoms with van der Waals surface area (Å²) in [7, 11) is 0. The third-order valence-corrected chi connectivity index (χ3v) is 3.56. The highest BCUT2D eigenvalue weighted by Gasteiger charge is 2.35. The highest BCUT2D eigenvalue weighted by Crippen LogP contribution is 2.30. The Kier molecular flexibility index (Phi) is 4.02. The summed E-state index contributed by atoms with van der Waals surface area (Å²) in [5.74, 6) is -0.325. The Morgan fingerprint density at radius 3 is 2.58 bits per heavy atom. The van der Waals surface area contributed by atoms with Gasteiger partial charge in [0.05, 0.1) is 10.7 Å². The van der Waals surface area contributed by atoms with Crippen molar-refractivity contribution < 1.29 is 9.59 Å². The average Bonchev–Trinajstić information content (AvgIpc) is 2.32. The Bertz CT molecular complexity index is 531. The molecule has 0 bridgehead atoms. The normalized spacial score (nSPS) is 19.8. The largest absolute Gasteiger partial charge is 0.342 e. The molecule has 0 radical (unpaired) electrons. The van der Waals surface area contributed by atoms with Crippen LogP contribution in [0.25, 0.3) is 0 Å². The van der Waals surface area contributed by atoms with Gasteiger partial charge in [-0.2, -0.15) is 0 Å². The highest BCUT2D eigenvalue weighted by atomic mass is 35.5. The number of carbonyl (C=O) groups excluding carboxylic acids is 2. The monoisotopic (exact) mass is 300 g/mol. The third-order valence-electron chi connectivity index (χ3n) is 3.02. The first-order valence-electron chi connectivity index (χ1n) is 5.96. The second-order valence-electron chi connectivity index (χ2n) is 4.81. The SMILES string of the molecule is CC(C)C1NC(=O)CN(c2ccc(Cl)cc2Cl)C1=O. The zero-order valence-corrected chi connectivity index (χ0v) is 12.1. The first-order chi connectivity index (χ1) is 8.90. The molecule has 0 aliphatic carbocycles. The van der Waals surface area contributed by atoms with E-state index < -0.39 is 6.04 Å². The fourth-order valence-corrected chi connectivity index (χ4v) is 2.54. The van der Waals surface area contributed by atoms with Gasteiger partial charge in [0, 0.05) is 5.02 Å². The molecule has 102 valence electrons. The number of rotatable bonds is 2. The number of benzene rings is 1. The van der Waals surface area contributed by atoms with Crippen LogP contribution in [0.3, 0.4) is 0 Å². The molecule has 6 heteroatoms. The van der Waals surface area contributed by atoms with Gasteiger partial charge in [-0.05, 0) is 24.1 Å². The maximum Gasteiger partial charge on any atom is 0.250 e. The van der Waals surface area contributed by atoms with E-state index in [-0.39, 0.29) is 24.3 Å². The number of anilines is 1. The standard InChI is InChI=1S/C13H14Cl2N2O2/c1-7(2)12-13(19)17(6-11(18)16-12)10-4-3-8(14)5-9(10)15/h3-5,7,12H,6H2,1-2H3,(H,16,18). The summed E-state index contributed by atoms with van der Waals surface area (Å²) >= 11 is 11.9. The molecule has 1 aromatic carbocycles. The lowest BCUT2D eigenvalue weighted by Crippen LogP contribution is -2.60. The molecule has 1 aliphatic rings. The minimum atomic E-state index is -0.520. The minimum absolute atomic E-state index is 0.0188. The van der Waals surface area contributed by atoms with Crippen LogP contribution in [0.5, 0.6) is 0 Å². The van der Waals surface area contributed by atoms with Crippen LogP contribution in [0.15, 0.2) is 18.2 Å². The van der Waals surface area contributed by atoms with Crippen molar-refractivity contribution in [2.24, 2.45) is 5.92 Å². The lowest BCUT2D eigenvalue weighted by molar-refractivity contribution is -0.132. The summed E-state index contributed by atoms with van der Waals surface area (Å²) < 4.78 is 0. The molecule has 19 heavy (non-hydrogen) atoms. The van der Waals surface area contributed by atoms with Gasteiger partial charge in [0.1, 0.15) is 12.6 Å². The van der Waals surface area contributed by atoms with Gasteiger partial charge in [-0.1, -0.05) is 37.0 Å². The van der Waals surface area contributed by atoms with E-state index in [4.69, 9.17) is 23.2 Å². The zero-order chi connectivity index (χ0) is 14.2. The van der Waals surface area contributed by atoms with E-state index in [1.54, 1.807) is 18.2 Å². The predicted octanol–water partition coefficient (Wildman–Crippen LogP) is 2.48. The van der Waals surface area contributed by atoms with Gasteiger partial charge in [0.25, 0.3) is 0 Å². The molecule has 1 saturated heterocycles. The lowest BCUT2D eigenvalue weighted by atomic mass is 10.0. The topological polar surface area (TPSA) is 49.4 Å². The fraction of sp³-hybridized carbons (Fsp3) is 0.385. The summed E-state index contributed by atoms with van der Waals surface area (Å²) in [4.78, 5) is 25.5. The van der Waals surface area contributed by atoms with E-state index in [9.17, 15) is 9.59 Å².